The number of carboxylic acids is 1. The van der Waals surface area contributed by atoms with Crippen molar-refractivity contribution in [2.45, 2.75) is 37.9 Å². The van der Waals surface area contributed by atoms with Crippen LogP contribution in [0, 0.1) is 5.82 Å². The molecule has 6 nitrogen and oxygen atoms in total. The van der Waals surface area contributed by atoms with Crippen molar-refractivity contribution >= 4 is 11.9 Å². The SMILES string of the molecule is CN(C)C(=O)c1ccc(CN2CCn3c(C(=O)O)ccc3C23CCC3)c(F)c1. The fraction of sp³-hybridized carbons (Fsp3) is 0.429. The first-order valence-electron chi connectivity index (χ1n) is 9.52. The Morgan fingerprint density at radius 2 is 1.93 bits per heavy atom. The van der Waals surface area contributed by atoms with E-state index in [1.54, 1.807) is 32.3 Å². The highest BCUT2D eigenvalue weighted by molar-refractivity contribution is 5.93. The van der Waals surface area contributed by atoms with Crippen molar-refractivity contribution in [1.82, 2.24) is 14.4 Å². The highest BCUT2D eigenvalue weighted by Crippen LogP contribution is 2.49. The summed E-state index contributed by atoms with van der Waals surface area (Å²) < 4.78 is 16.6. The zero-order valence-electron chi connectivity index (χ0n) is 16.1. The van der Waals surface area contributed by atoms with Gasteiger partial charge in [-0.2, -0.15) is 0 Å². The van der Waals surface area contributed by atoms with Gasteiger partial charge in [-0.15, -0.1) is 0 Å². The van der Waals surface area contributed by atoms with Crippen LogP contribution in [0.3, 0.4) is 0 Å². The van der Waals surface area contributed by atoms with Gasteiger partial charge in [0, 0.05) is 50.6 Å². The molecule has 1 aliphatic heterocycles. The number of fused-ring (bicyclic) bond motifs is 2. The van der Waals surface area contributed by atoms with Crippen molar-refractivity contribution < 1.29 is 19.1 Å². The number of carbonyl (C=O) groups is 2. The lowest BCUT2D eigenvalue weighted by Gasteiger charge is -2.53. The third kappa shape index (κ3) is 2.81. The molecule has 1 fully saturated rings. The van der Waals surface area contributed by atoms with E-state index in [0.717, 1.165) is 25.0 Å². The third-order valence-corrected chi connectivity index (χ3v) is 6.12. The molecule has 0 atom stereocenters. The Balaban J connectivity index is 1.62. The van der Waals surface area contributed by atoms with Crippen LogP contribution in [-0.2, 0) is 18.6 Å². The summed E-state index contributed by atoms with van der Waals surface area (Å²) in [7, 11) is 3.28. The first-order chi connectivity index (χ1) is 13.3. The third-order valence-electron chi connectivity index (χ3n) is 6.12. The van der Waals surface area contributed by atoms with E-state index in [-0.39, 0.29) is 17.3 Å². The van der Waals surface area contributed by atoms with Gasteiger partial charge in [-0.25, -0.2) is 9.18 Å². The number of hydrogen-bond donors (Lipinski definition) is 1. The molecule has 0 bridgehead atoms. The topological polar surface area (TPSA) is 65.8 Å². The maximum absolute atomic E-state index is 14.7. The molecule has 1 saturated carbocycles. The Kier molecular flexibility index (Phi) is 4.50. The van der Waals surface area contributed by atoms with Gasteiger partial charge < -0.3 is 14.6 Å². The van der Waals surface area contributed by atoms with Gasteiger partial charge in [0.2, 0.25) is 0 Å². The monoisotopic (exact) mass is 385 g/mol. The van der Waals surface area contributed by atoms with Crippen molar-refractivity contribution in [3.05, 3.63) is 58.7 Å². The van der Waals surface area contributed by atoms with E-state index >= 15 is 0 Å². The van der Waals surface area contributed by atoms with Crippen LogP contribution in [0.25, 0.3) is 0 Å². The molecule has 1 N–H and O–H groups in total. The van der Waals surface area contributed by atoms with Crippen molar-refractivity contribution in [2.24, 2.45) is 0 Å². The summed E-state index contributed by atoms with van der Waals surface area (Å²) in [5.74, 6) is -1.52. The van der Waals surface area contributed by atoms with Gasteiger partial charge in [-0.3, -0.25) is 9.69 Å². The average molecular weight is 385 g/mol. The van der Waals surface area contributed by atoms with Gasteiger partial charge in [0.15, 0.2) is 0 Å². The average Bonchev–Trinajstić information content (AvgIpc) is 3.05. The molecule has 1 amide bonds. The number of aromatic carboxylic acids is 1. The van der Waals surface area contributed by atoms with Crippen molar-refractivity contribution in [2.75, 3.05) is 20.6 Å². The van der Waals surface area contributed by atoms with Crippen LogP contribution in [0.5, 0.6) is 0 Å². The van der Waals surface area contributed by atoms with Gasteiger partial charge >= 0.3 is 5.97 Å². The second-order valence-corrected chi connectivity index (χ2v) is 7.87. The van der Waals surface area contributed by atoms with Gasteiger partial charge in [0.25, 0.3) is 5.91 Å². The molecule has 0 saturated heterocycles. The largest absolute Gasteiger partial charge is 0.477 e. The van der Waals surface area contributed by atoms with Crippen LogP contribution in [-0.4, -0.2) is 52.0 Å². The molecule has 0 radical (unpaired) electrons. The van der Waals surface area contributed by atoms with Crippen LogP contribution >= 0.6 is 0 Å². The summed E-state index contributed by atoms with van der Waals surface area (Å²) in [4.78, 5) is 27.2. The summed E-state index contributed by atoms with van der Waals surface area (Å²) in [6.45, 7) is 1.68. The second-order valence-electron chi connectivity index (χ2n) is 7.87. The second kappa shape index (κ2) is 6.74. The Bertz CT molecular complexity index is 946. The molecule has 7 heteroatoms. The van der Waals surface area contributed by atoms with Gasteiger partial charge in [-0.1, -0.05) is 6.07 Å². The Hall–Kier alpha value is -2.67. The van der Waals surface area contributed by atoms with E-state index in [9.17, 15) is 19.1 Å². The number of halogens is 1. The van der Waals surface area contributed by atoms with E-state index in [0.29, 0.717) is 36.5 Å². The van der Waals surface area contributed by atoms with Crippen molar-refractivity contribution in [3.63, 3.8) is 0 Å². The first kappa shape index (κ1) is 18.7. The number of amides is 1. The maximum atomic E-state index is 14.7. The Morgan fingerprint density at radius 1 is 1.18 bits per heavy atom. The molecule has 2 aliphatic rings. The Labute approximate surface area is 163 Å². The van der Waals surface area contributed by atoms with Gasteiger partial charge in [0.05, 0.1) is 5.54 Å². The maximum Gasteiger partial charge on any atom is 0.352 e. The van der Waals surface area contributed by atoms with Gasteiger partial charge in [0.1, 0.15) is 11.5 Å². The number of aromatic nitrogens is 1. The molecule has 1 aromatic carbocycles. The molecule has 0 unspecified atom stereocenters. The quantitative estimate of drug-likeness (QED) is 0.879. The summed E-state index contributed by atoms with van der Waals surface area (Å²) in [6.07, 6.45) is 2.95. The van der Waals surface area contributed by atoms with Crippen LogP contribution in [0.4, 0.5) is 4.39 Å². The summed E-state index contributed by atoms with van der Waals surface area (Å²) >= 11 is 0. The number of hydrogen-bond acceptors (Lipinski definition) is 3. The van der Waals surface area contributed by atoms with E-state index < -0.39 is 5.97 Å². The lowest BCUT2D eigenvalue weighted by Crippen LogP contribution is -2.56. The number of nitrogens with zero attached hydrogens (tertiary/aromatic N) is 3. The highest BCUT2D eigenvalue weighted by atomic mass is 19.1. The number of benzene rings is 1. The molecule has 28 heavy (non-hydrogen) atoms. The Morgan fingerprint density at radius 3 is 2.50 bits per heavy atom. The highest BCUT2D eigenvalue weighted by Gasteiger charge is 2.48. The number of carbonyl (C=O) groups excluding carboxylic acids is 1. The molecule has 4 rings (SSSR count). The van der Waals surface area contributed by atoms with Gasteiger partial charge in [-0.05, 0) is 43.5 Å². The first-order valence-corrected chi connectivity index (χ1v) is 9.52. The molecular weight excluding hydrogens is 361 g/mol. The standard InChI is InChI=1S/C21H24FN3O3/c1-23(2)19(26)14-4-5-15(16(22)12-14)13-24-10-11-25-17(20(27)28)6-7-18(25)21(24)8-3-9-21/h4-7,12H,3,8-11,13H2,1-2H3,(H,27,28). The molecule has 2 aromatic rings. The van der Waals surface area contributed by atoms with Crippen LogP contribution < -0.4 is 0 Å². The fourth-order valence-electron chi connectivity index (χ4n) is 4.49. The lowest BCUT2D eigenvalue weighted by atomic mass is 9.71. The molecule has 1 aromatic heterocycles. The molecule has 1 spiro atoms. The fourth-order valence-corrected chi connectivity index (χ4v) is 4.49. The number of carboxylic acid groups (broad SMARTS) is 1. The molecule has 148 valence electrons. The lowest BCUT2D eigenvalue weighted by molar-refractivity contribution is -0.0225. The summed E-state index contributed by atoms with van der Waals surface area (Å²) in [6, 6.07) is 8.24. The molecule has 1 aliphatic carbocycles. The minimum atomic E-state index is -0.915. The molecule has 2 heterocycles. The number of rotatable bonds is 4. The predicted molar refractivity (Wildman–Crippen MR) is 102 cm³/mol. The minimum Gasteiger partial charge on any atom is -0.477 e. The van der Waals surface area contributed by atoms with Crippen molar-refractivity contribution in [1.29, 1.82) is 0 Å². The van der Waals surface area contributed by atoms with E-state index in [4.69, 9.17) is 0 Å². The van der Waals surface area contributed by atoms with Crippen LogP contribution in [0.15, 0.2) is 30.3 Å². The van der Waals surface area contributed by atoms with Crippen molar-refractivity contribution in [3.8, 4) is 0 Å². The van der Waals surface area contributed by atoms with Crippen LogP contribution in [0.2, 0.25) is 0 Å². The normalized spacial score (nSPS) is 17.8. The van der Waals surface area contributed by atoms with E-state index in [1.807, 2.05) is 10.6 Å². The van der Waals surface area contributed by atoms with Crippen LogP contribution in [0.1, 0.15) is 51.4 Å². The van der Waals surface area contributed by atoms with E-state index in [2.05, 4.69) is 4.90 Å². The minimum absolute atomic E-state index is 0.224. The smallest absolute Gasteiger partial charge is 0.352 e. The summed E-state index contributed by atoms with van der Waals surface area (Å²) in [5, 5.41) is 9.42. The summed E-state index contributed by atoms with van der Waals surface area (Å²) in [5.41, 5.74) is 2.00. The molecular formula is C21H24FN3O3. The predicted octanol–water partition coefficient (Wildman–Crippen LogP) is 2.92. The van der Waals surface area contributed by atoms with E-state index in [1.165, 1.54) is 11.0 Å². The zero-order chi connectivity index (χ0) is 20.1. The zero-order valence-corrected chi connectivity index (χ0v) is 16.1.